The molecular weight excluding hydrogens is 641 g/mol. The van der Waals surface area contributed by atoms with E-state index < -0.39 is 10.0 Å². The summed E-state index contributed by atoms with van der Waals surface area (Å²) in [6.07, 6.45) is 5.63. The van der Waals surface area contributed by atoms with Crippen molar-refractivity contribution >= 4 is 45.0 Å². The number of hydrogen-bond acceptors (Lipinski definition) is 9. The molecule has 0 saturated heterocycles. The Kier molecular flexibility index (Phi) is 12.3. The van der Waals surface area contributed by atoms with E-state index in [1.165, 1.54) is 16.1 Å². The molecule has 0 N–H and O–H groups in total. The minimum Gasteiger partial charge on any atom is -0.497 e. The van der Waals surface area contributed by atoms with Crippen molar-refractivity contribution in [3.63, 3.8) is 0 Å². The van der Waals surface area contributed by atoms with Crippen LogP contribution in [0.1, 0.15) is 16.7 Å². The first-order valence-electron chi connectivity index (χ1n) is 13.1. The first-order chi connectivity index (χ1) is 21.3. The predicted octanol–water partition coefficient (Wildman–Crippen LogP) is 6.96. The van der Waals surface area contributed by atoms with E-state index in [2.05, 4.69) is 32.1 Å². The fourth-order valence-corrected chi connectivity index (χ4v) is 6.00. The molecule has 5 aromatic rings. The Labute approximate surface area is 271 Å². The lowest BCUT2D eigenvalue weighted by Crippen LogP contribution is -2.31. The molecule has 0 saturated carbocycles. The zero-order chi connectivity index (χ0) is 31.4. The summed E-state index contributed by atoms with van der Waals surface area (Å²) >= 11 is 13.0. The van der Waals surface area contributed by atoms with Crippen LogP contribution in [0.5, 0.6) is 11.5 Å². The molecule has 5 rings (SSSR count). The minimum atomic E-state index is -3.91. The molecule has 0 amide bonds. The van der Waals surface area contributed by atoms with Crippen LogP contribution < -0.4 is 9.47 Å². The molecule has 2 heterocycles. The maximum Gasteiger partial charge on any atom is 0.262 e. The molecule has 13 heteroatoms. The molecule has 0 fully saturated rings. The van der Waals surface area contributed by atoms with Crippen LogP contribution in [0.4, 0.5) is 0 Å². The van der Waals surface area contributed by atoms with Crippen LogP contribution in [-0.2, 0) is 28.9 Å². The fourth-order valence-electron chi connectivity index (χ4n) is 3.77. The molecule has 0 aliphatic carbocycles. The molecule has 3 aromatic carbocycles. The van der Waals surface area contributed by atoms with Crippen molar-refractivity contribution in [2.45, 2.75) is 28.9 Å². The largest absolute Gasteiger partial charge is 0.497 e. The summed E-state index contributed by atoms with van der Waals surface area (Å²) in [7, 11) is -0.751. The van der Waals surface area contributed by atoms with Crippen molar-refractivity contribution in [1.82, 2.24) is 24.2 Å². The highest BCUT2D eigenvalue weighted by Crippen LogP contribution is 2.23. The molecule has 0 bridgehead atoms. The van der Waals surface area contributed by atoms with E-state index >= 15 is 0 Å². The van der Waals surface area contributed by atoms with Crippen LogP contribution in [0, 0.1) is 0 Å². The third-order valence-electron chi connectivity index (χ3n) is 6.06. The average molecular weight is 671 g/mol. The van der Waals surface area contributed by atoms with Gasteiger partial charge < -0.3 is 9.47 Å². The highest BCUT2D eigenvalue weighted by atomic mass is 35.5. The van der Waals surface area contributed by atoms with Gasteiger partial charge in [0.2, 0.25) is 0 Å². The second-order valence-corrected chi connectivity index (χ2v) is 12.8. The average Bonchev–Trinajstić information content (AvgIpc) is 3.06. The standard InChI is InChI=1S/C20H20ClN3O4S.C11H9ClN2S/c1-27-17-7-3-15(4-8-17)13-24(14-16-5-9-18(28-2)10-6-16)29(25,26)20-12-22-19(21)11-23-20;12-10-6-14-11(7-13-10)15-8-9-4-2-1-3-5-9/h3-12H,13-14H2,1-2H3;1-7H,8H2. The van der Waals surface area contributed by atoms with Crippen molar-refractivity contribution in [2.24, 2.45) is 0 Å². The quantitative estimate of drug-likeness (QED) is 0.138. The maximum atomic E-state index is 13.2. The second-order valence-electron chi connectivity index (χ2n) is 9.10. The first kappa shape index (κ1) is 33.2. The van der Waals surface area contributed by atoms with Gasteiger partial charge in [-0.3, -0.25) is 0 Å². The zero-order valence-electron chi connectivity index (χ0n) is 23.9. The van der Waals surface area contributed by atoms with Gasteiger partial charge in [-0.15, -0.1) is 11.8 Å². The van der Waals surface area contributed by atoms with E-state index in [-0.39, 0.29) is 23.3 Å². The Bertz CT molecular complexity index is 1650. The van der Waals surface area contributed by atoms with Gasteiger partial charge >= 0.3 is 0 Å². The fraction of sp³-hybridized carbons (Fsp3) is 0.161. The molecule has 0 radical (unpaired) electrons. The van der Waals surface area contributed by atoms with Gasteiger partial charge in [0.05, 0.1) is 39.0 Å². The van der Waals surface area contributed by atoms with Crippen molar-refractivity contribution in [1.29, 1.82) is 0 Å². The van der Waals surface area contributed by atoms with Gasteiger partial charge in [0.15, 0.2) is 5.03 Å². The summed E-state index contributed by atoms with van der Waals surface area (Å²) in [5.41, 5.74) is 2.90. The van der Waals surface area contributed by atoms with E-state index in [1.54, 1.807) is 62.6 Å². The lowest BCUT2D eigenvalue weighted by Gasteiger charge is -2.22. The molecule has 0 atom stereocenters. The van der Waals surface area contributed by atoms with Crippen molar-refractivity contribution in [2.75, 3.05) is 14.2 Å². The van der Waals surface area contributed by atoms with E-state index in [0.717, 1.165) is 28.1 Å². The third kappa shape index (κ3) is 9.90. The number of aromatic nitrogens is 4. The van der Waals surface area contributed by atoms with Gasteiger partial charge in [-0.1, -0.05) is 77.8 Å². The molecule has 0 aliphatic rings. The predicted molar refractivity (Wildman–Crippen MR) is 173 cm³/mol. The number of ether oxygens (including phenoxy) is 2. The smallest absolute Gasteiger partial charge is 0.262 e. The Morgan fingerprint density at radius 3 is 1.64 bits per heavy atom. The van der Waals surface area contributed by atoms with Crippen molar-refractivity contribution in [3.05, 3.63) is 131 Å². The Morgan fingerprint density at radius 1 is 0.659 bits per heavy atom. The summed E-state index contributed by atoms with van der Waals surface area (Å²) in [5, 5.41) is 1.28. The monoisotopic (exact) mass is 669 g/mol. The molecular formula is C31H29Cl2N5O4S2. The molecule has 0 unspecified atom stereocenters. The maximum absolute atomic E-state index is 13.2. The molecule has 228 valence electrons. The summed E-state index contributed by atoms with van der Waals surface area (Å²) in [6, 6.07) is 24.7. The number of halogens is 2. The number of rotatable bonds is 11. The first-order valence-corrected chi connectivity index (χ1v) is 16.3. The number of sulfonamides is 1. The molecule has 9 nitrogen and oxygen atoms in total. The van der Waals surface area contributed by atoms with Crippen LogP contribution in [0.3, 0.4) is 0 Å². The summed E-state index contributed by atoms with van der Waals surface area (Å²) in [4.78, 5) is 15.9. The SMILES string of the molecule is COc1ccc(CN(Cc2ccc(OC)cc2)S(=O)(=O)c2cnc(Cl)cn2)cc1.Clc1cnc(SCc2ccccc2)cn1. The van der Waals surface area contributed by atoms with Gasteiger partial charge in [0.25, 0.3) is 10.0 Å². The van der Waals surface area contributed by atoms with E-state index in [4.69, 9.17) is 32.7 Å². The second kappa shape index (κ2) is 16.4. The van der Waals surface area contributed by atoms with Crippen molar-refractivity contribution in [3.8, 4) is 11.5 Å². The molecule has 0 aliphatic heterocycles. The van der Waals surface area contributed by atoms with Crippen LogP contribution in [0.2, 0.25) is 10.3 Å². The van der Waals surface area contributed by atoms with Gasteiger partial charge in [-0.2, -0.15) is 4.31 Å². The Morgan fingerprint density at radius 2 is 1.18 bits per heavy atom. The lowest BCUT2D eigenvalue weighted by atomic mass is 10.2. The summed E-state index contributed by atoms with van der Waals surface area (Å²) < 4.78 is 38.1. The van der Waals surface area contributed by atoms with Crippen LogP contribution in [-0.4, -0.2) is 46.9 Å². The Balaban J connectivity index is 0.000000246. The van der Waals surface area contributed by atoms with Gasteiger partial charge in [-0.25, -0.2) is 28.4 Å². The van der Waals surface area contributed by atoms with Crippen molar-refractivity contribution < 1.29 is 17.9 Å². The molecule has 0 spiro atoms. The highest BCUT2D eigenvalue weighted by molar-refractivity contribution is 7.98. The zero-order valence-corrected chi connectivity index (χ0v) is 27.0. The van der Waals surface area contributed by atoms with Crippen LogP contribution in [0.15, 0.2) is 114 Å². The number of benzene rings is 3. The number of thioether (sulfide) groups is 1. The topological polar surface area (TPSA) is 107 Å². The minimum absolute atomic E-state index is 0.126. The number of hydrogen-bond donors (Lipinski definition) is 0. The Hall–Kier alpha value is -3.74. The summed E-state index contributed by atoms with van der Waals surface area (Å²) in [6.45, 7) is 0.311. The number of methoxy groups -OCH3 is 2. The normalized spacial score (nSPS) is 11.0. The van der Waals surface area contributed by atoms with Gasteiger partial charge in [0, 0.05) is 18.8 Å². The van der Waals surface area contributed by atoms with Gasteiger partial charge in [-0.05, 0) is 41.0 Å². The number of nitrogens with zero attached hydrogens (tertiary/aromatic N) is 5. The van der Waals surface area contributed by atoms with E-state index in [1.807, 2.05) is 42.5 Å². The highest BCUT2D eigenvalue weighted by Gasteiger charge is 2.27. The van der Waals surface area contributed by atoms with Crippen LogP contribution >= 0.6 is 35.0 Å². The van der Waals surface area contributed by atoms with Crippen LogP contribution in [0.25, 0.3) is 0 Å². The van der Waals surface area contributed by atoms with Gasteiger partial charge in [0.1, 0.15) is 26.8 Å². The molecule has 44 heavy (non-hydrogen) atoms. The lowest BCUT2D eigenvalue weighted by molar-refractivity contribution is 0.396. The van der Waals surface area contributed by atoms with E-state index in [0.29, 0.717) is 16.7 Å². The summed E-state index contributed by atoms with van der Waals surface area (Å²) in [5.74, 6) is 2.29. The molecule has 2 aromatic heterocycles. The third-order valence-corrected chi connectivity index (χ3v) is 9.12. The van der Waals surface area contributed by atoms with E-state index in [9.17, 15) is 8.42 Å².